The number of hydrogen-bond donors (Lipinski definition) is 1. The van der Waals surface area contributed by atoms with E-state index < -0.39 is 0 Å². The predicted molar refractivity (Wildman–Crippen MR) is 73.1 cm³/mol. The fourth-order valence-corrected chi connectivity index (χ4v) is 2.12. The third-order valence-corrected chi connectivity index (χ3v) is 3.34. The smallest absolute Gasteiger partial charge is 0.223 e. The molecule has 0 aliphatic carbocycles. The first kappa shape index (κ1) is 14.7. The summed E-state index contributed by atoms with van der Waals surface area (Å²) in [7, 11) is 1.90. The van der Waals surface area contributed by atoms with E-state index in [2.05, 4.69) is 24.3 Å². The van der Waals surface area contributed by atoms with Gasteiger partial charge in [-0.05, 0) is 19.8 Å². The number of aromatic nitrogens is 2. The number of amides is 1. The van der Waals surface area contributed by atoms with Crippen molar-refractivity contribution >= 4 is 5.91 Å². The zero-order chi connectivity index (χ0) is 13.5. The molecular formula is C14H25N3O. The molecule has 0 fully saturated rings. The molecule has 1 heterocycles. The molecule has 0 bridgehead atoms. The second-order valence-electron chi connectivity index (χ2n) is 4.88. The Balaban J connectivity index is 2.46. The quantitative estimate of drug-likeness (QED) is 0.809. The maximum Gasteiger partial charge on any atom is 0.223 e. The summed E-state index contributed by atoms with van der Waals surface area (Å²) < 4.78 is 1.78. The molecule has 1 aromatic heterocycles. The van der Waals surface area contributed by atoms with Crippen LogP contribution in [0.25, 0.3) is 0 Å². The van der Waals surface area contributed by atoms with Crippen molar-refractivity contribution in [3.05, 3.63) is 17.5 Å². The molecule has 1 amide bonds. The van der Waals surface area contributed by atoms with E-state index in [1.54, 1.807) is 4.68 Å². The van der Waals surface area contributed by atoms with Crippen molar-refractivity contribution in [3.8, 4) is 0 Å². The van der Waals surface area contributed by atoms with E-state index >= 15 is 0 Å². The molecule has 0 radical (unpaired) electrons. The number of rotatable bonds is 7. The van der Waals surface area contributed by atoms with E-state index in [1.807, 2.05) is 20.2 Å². The molecule has 1 atom stereocenters. The van der Waals surface area contributed by atoms with E-state index in [-0.39, 0.29) is 11.8 Å². The largest absolute Gasteiger partial charge is 0.352 e. The molecule has 18 heavy (non-hydrogen) atoms. The summed E-state index contributed by atoms with van der Waals surface area (Å²) in [6.45, 7) is 6.79. The molecule has 0 saturated heterocycles. The summed E-state index contributed by atoms with van der Waals surface area (Å²) >= 11 is 0. The number of unbranched alkanes of at least 4 members (excludes halogenated alkanes) is 1. The van der Waals surface area contributed by atoms with E-state index in [0.717, 1.165) is 36.9 Å². The molecule has 4 heteroatoms. The summed E-state index contributed by atoms with van der Waals surface area (Å²) in [5, 5.41) is 7.29. The highest BCUT2D eigenvalue weighted by Crippen LogP contribution is 2.13. The molecule has 1 N–H and O–H groups in total. The van der Waals surface area contributed by atoms with Gasteiger partial charge in [0, 0.05) is 31.3 Å². The number of nitrogens with zero attached hydrogens (tertiary/aromatic N) is 2. The minimum Gasteiger partial charge on any atom is -0.352 e. The molecule has 0 aliphatic heterocycles. The Bertz CT molecular complexity index is 384. The van der Waals surface area contributed by atoms with Crippen molar-refractivity contribution < 1.29 is 4.79 Å². The fraction of sp³-hybridized carbons (Fsp3) is 0.714. The van der Waals surface area contributed by atoms with Crippen LogP contribution in [0.15, 0.2) is 6.20 Å². The van der Waals surface area contributed by atoms with Crippen LogP contribution >= 0.6 is 0 Å². The number of hydrogen-bond acceptors (Lipinski definition) is 2. The zero-order valence-corrected chi connectivity index (χ0v) is 12.0. The van der Waals surface area contributed by atoms with E-state index in [9.17, 15) is 4.79 Å². The average molecular weight is 251 g/mol. The minimum atomic E-state index is 0.155. The van der Waals surface area contributed by atoms with E-state index in [0.29, 0.717) is 6.54 Å². The lowest BCUT2D eigenvalue weighted by Crippen LogP contribution is -2.30. The molecule has 0 aliphatic rings. The van der Waals surface area contributed by atoms with Gasteiger partial charge in [0.05, 0.1) is 5.69 Å². The average Bonchev–Trinajstić information content (AvgIpc) is 2.66. The molecule has 0 aromatic carbocycles. The highest BCUT2D eigenvalue weighted by atomic mass is 16.1. The Morgan fingerprint density at radius 1 is 1.50 bits per heavy atom. The van der Waals surface area contributed by atoms with Gasteiger partial charge in [0.15, 0.2) is 0 Å². The highest BCUT2D eigenvalue weighted by molar-refractivity contribution is 5.78. The molecule has 0 saturated carbocycles. The molecule has 4 nitrogen and oxygen atoms in total. The van der Waals surface area contributed by atoms with Crippen LogP contribution in [0.2, 0.25) is 0 Å². The van der Waals surface area contributed by atoms with Crippen LogP contribution in [0, 0.1) is 12.8 Å². The summed E-state index contributed by atoms with van der Waals surface area (Å²) in [6.07, 6.45) is 6.13. The van der Waals surface area contributed by atoms with Crippen LogP contribution in [0.3, 0.4) is 0 Å². The molecule has 102 valence electrons. The molecule has 0 spiro atoms. The van der Waals surface area contributed by atoms with Crippen molar-refractivity contribution in [1.82, 2.24) is 15.1 Å². The van der Waals surface area contributed by atoms with Crippen molar-refractivity contribution in [2.45, 2.75) is 53.0 Å². The van der Waals surface area contributed by atoms with Gasteiger partial charge in [-0.1, -0.05) is 26.7 Å². The van der Waals surface area contributed by atoms with Crippen LogP contribution in [-0.4, -0.2) is 15.7 Å². The maximum absolute atomic E-state index is 12.0. The lowest BCUT2D eigenvalue weighted by Gasteiger charge is -2.14. The van der Waals surface area contributed by atoms with E-state index in [4.69, 9.17) is 0 Å². The van der Waals surface area contributed by atoms with Crippen LogP contribution in [0.4, 0.5) is 0 Å². The van der Waals surface area contributed by atoms with Crippen LogP contribution < -0.4 is 5.32 Å². The third-order valence-electron chi connectivity index (χ3n) is 3.34. The maximum atomic E-state index is 12.0. The third kappa shape index (κ3) is 4.17. The minimum absolute atomic E-state index is 0.155. The second-order valence-corrected chi connectivity index (χ2v) is 4.88. The Hall–Kier alpha value is -1.32. The van der Waals surface area contributed by atoms with Gasteiger partial charge in [-0.2, -0.15) is 5.10 Å². The lowest BCUT2D eigenvalue weighted by molar-refractivity contribution is -0.125. The van der Waals surface area contributed by atoms with Crippen LogP contribution in [0.5, 0.6) is 0 Å². The Labute approximate surface area is 110 Å². The van der Waals surface area contributed by atoms with Gasteiger partial charge >= 0.3 is 0 Å². The van der Waals surface area contributed by atoms with Gasteiger partial charge in [-0.3, -0.25) is 9.48 Å². The number of nitrogens with one attached hydrogen (secondary N) is 1. The number of carbonyl (C=O) groups is 1. The number of aryl methyl sites for hydroxylation is 2. The van der Waals surface area contributed by atoms with Gasteiger partial charge < -0.3 is 5.32 Å². The van der Waals surface area contributed by atoms with Crippen molar-refractivity contribution in [3.63, 3.8) is 0 Å². The predicted octanol–water partition coefficient (Wildman–Crippen LogP) is 2.56. The summed E-state index contributed by atoms with van der Waals surface area (Å²) in [5.74, 6) is 0.330. The fourth-order valence-electron chi connectivity index (χ4n) is 2.12. The van der Waals surface area contributed by atoms with Gasteiger partial charge in [0.1, 0.15) is 0 Å². The van der Waals surface area contributed by atoms with Gasteiger partial charge in [-0.25, -0.2) is 0 Å². The second kappa shape index (κ2) is 7.19. The van der Waals surface area contributed by atoms with Crippen LogP contribution in [0.1, 0.15) is 50.8 Å². The zero-order valence-electron chi connectivity index (χ0n) is 12.0. The normalized spacial score (nSPS) is 12.4. The Kier molecular flexibility index (Phi) is 5.89. The van der Waals surface area contributed by atoms with Gasteiger partial charge in [0.25, 0.3) is 0 Å². The Morgan fingerprint density at radius 3 is 2.72 bits per heavy atom. The molecule has 0 unspecified atom stereocenters. The van der Waals surface area contributed by atoms with Crippen LogP contribution in [-0.2, 0) is 18.4 Å². The van der Waals surface area contributed by atoms with Crippen molar-refractivity contribution in [2.24, 2.45) is 13.0 Å². The van der Waals surface area contributed by atoms with E-state index in [1.165, 1.54) is 0 Å². The highest BCUT2D eigenvalue weighted by Gasteiger charge is 2.15. The summed E-state index contributed by atoms with van der Waals surface area (Å²) in [4.78, 5) is 12.0. The SMILES string of the molecule is CCCC[C@@H](CC)C(=O)NCc1cn(C)nc1C. The van der Waals surface area contributed by atoms with Crippen molar-refractivity contribution in [1.29, 1.82) is 0 Å². The molecular weight excluding hydrogens is 226 g/mol. The topological polar surface area (TPSA) is 46.9 Å². The van der Waals surface area contributed by atoms with Gasteiger partial charge in [0.2, 0.25) is 5.91 Å². The molecule has 1 rings (SSSR count). The lowest BCUT2D eigenvalue weighted by atomic mass is 9.98. The first-order valence-electron chi connectivity index (χ1n) is 6.85. The standard InChI is InChI=1S/C14H25N3O/c1-5-7-8-12(6-2)14(18)15-9-13-10-17(4)16-11(13)3/h10,12H,5-9H2,1-4H3,(H,15,18)/t12-/m1/s1. The summed E-state index contributed by atoms with van der Waals surface area (Å²) in [6, 6.07) is 0. The monoisotopic (exact) mass is 251 g/mol. The number of carbonyl (C=O) groups excluding carboxylic acids is 1. The van der Waals surface area contributed by atoms with Gasteiger partial charge in [-0.15, -0.1) is 0 Å². The molecule has 1 aromatic rings. The summed E-state index contributed by atoms with van der Waals surface area (Å²) in [5.41, 5.74) is 2.08. The van der Waals surface area contributed by atoms with Crippen molar-refractivity contribution in [2.75, 3.05) is 0 Å². The first-order valence-corrected chi connectivity index (χ1v) is 6.85. The Morgan fingerprint density at radius 2 is 2.22 bits per heavy atom. The first-order chi connectivity index (χ1) is 8.58.